The maximum Gasteiger partial charge on any atom is 0.276 e. The molecule has 0 radical (unpaired) electrons. The van der Waals surface area contributed by atoms with Crippen LogP contribution in [0.15, 0.2) is 46.1 Å². The predicted octanol–water partition coefficient (Wildman–Crippen LogP) is 3.47. The average molecular weight is 264 g/mol. The van der Waals surface area contributed by atoms with E-state index >= 15 is 0 Å². The summed E-state index contributed by atoms with van der Waals surface area (Å²) < 4.78 is 18.9. The van der Waals surface area contributed by atoms with Gasteiger partial charge in [0.1, 0.15) is 5.82 Å². The van der Waals surface area contributed by atoms with Crippen molar-refractivity contribution >= 4 is 11.8 Å². The van der Waals surface area contributed by atoms with E-state index in [2.05, 4.69) is 16.8 Å². The number of nitrogens with zero attached hydrogens (tertiary/aromatic N) is 2. The molecule has 1 aromatic heterocycles. The monoisotopic (exact) mass is 264 g/mol. The minimum atomic E-state index is -0.258. The number of rotatable bonds is 5. The molecule has 0 atom stereocenters. The van der Waals surface area contributed by atoms with Crippen LogP contribution in [0.3, 0.4) is 0 Å². The molecule has 0 saturated carbocycles. The lowest BCUT2D eigenvalue weighted by atomic mass is 10.1. The molecule has 0 bridgehead atoms. The van der Waals surface area contributed by atoms with Crippen LogP contribution in [0.5, 0.6) is 0 Å². The van der Waals surface area contributed by atoms with E-state index in [9.17, 15) is 4.39 Å². The van der Waals surface area contributed by atoms with Gasteiger partial charge in [-0.2, -0.15) is 0 Å². The molecule has 2 rings (SSSR count). The topological polar surface area (TPSA) is 38.9 Å². The maximum absolute atomic E-state index is 13.4. The number of hydrogen-bond acceptors (Lipinski definition) is 4. The number of hydrogen-bond donors (Lipinski definition) is 0. The molecule has 0 fully saturated rings. The van der Waals surface area contributed by atoms with Gasteiger partial charge in [0.25, 0.3) is 5.22 Å². The van der Waals surface area contributed by atoms with Crippen LogP contribution in [-0.2, 0) is 6.42 Å². The fraction of sp³-hybridized carbons (Fsp3) is 0.231. The first-order valence-electron chi connectivity index (χ1n) is 5.48. The molecule has 0 amide bonds. The molecular formula is C13H13FN2OS. The molecule has 5 heteroatoms. The largest absolute Gasteiger partial charge is 0.416 e. The quantitative estimate of drug-likeness (QED) is 0.612. The van der Waals surface area contributed by atoms with Gasteiger partial charge in [-0.3, -0.25) is 0 Å². The Hall–Kier alpha value is -1.62. The number of aromatic nitrogens is 2. The Morgan fingerprint density at radius 3 is 2.89 bits per heavy atom. The van der Waals surface area contributed by atoms with E-state index in [0.717, 1.165) is 11.3 Å². The summed E-state index contributed by atoms with van der Waals surface area (Å²) in [5.74, 6) is 0.901. The molecule has 3 nitrogen and oxygen atoms in total. The molecule has 0 aliphatic carbocycles. The fourth-order valence-corrected chi connectivity index (χ4v) is 1.98. The smallest absolute Gasteiger partial charge is 0.276 e. The SMILES string of the molecule is C=C(C)CSc1nnc(Cc2ccccc2F)o1. The van der Waals surface area contributed by atoms with Gasteiger partial charge in [0, 0.05) is 5.75 Å². The average Bonchev–Trinajstić information content (AvgIpc) is 2.77. The molecule has 2 aromatic rings. The lowest BCUT2D eigenvalue weighted by Crippen LogP contribution is -1.92. The molecule has 1 aromatic carbocycles. The zero-order valence-electron chi connectivity index (χ0n) is 10.0. The van der Waals surface area contributed by atoms with Crippen LogP contribution >= 0.6 is 11.8 Å². The predicted molar refractivity (Wildman–Crippen MR) is 69.0 cm³/mol. The van der Waals surface area contributed by atoms with Gasteiger partial charge in [0.2, 0.25) is 5.89 Å². The summed E-state index contributed by atoms with van der Waals surface area (Å²) in [6.45, 7) is 5.73. The van der Waals surface area contributed by atoms with Gasteiger partial charge in [-0.15, -0.1) is 10.2 Å². The van der Waals surface area contributed by atoms with E-state index in [-0.39, 0.29) is 5.82 Å². The second kappa shape index (κ2) is 5.82. The molecule has 1 heterocycles. The summed E-state index contributed by atoms with van der Waals surface area (Å²) in [5, 5.41) is 8.28. The van der Waals surface area contributed by atoms with Crippen molar-refractivity contribution in [1.29, 1.82) is 0 Å². The molecule has 0 saturated heterocycles. The van der Waals surface area contributed by atoms with Crippen LogP contribution in [0.25, 0.3) is 0 Å². The van der Waals surface area contributed by atoms with Crippen molar-refractivity contribution in [3.63, 3.8) is 0 Å². The van der Waals surface area contributed by atoms with Crippen molar-refractivity contribution < 1.29 is 8.81 Å². The first kappa shape index (κ1) is 12.8. The van der Waals surface area contributed by atoms with Crippen molar-refractivity contribution in [3.8, 4) is 0 Å². The van der Waals surface area contributed by atoms with E-state index in [4.69, 9.17) is 4.42 Å². The minimum absolute atomic E-state index is 0.258. The number of benzene rings is 1. The first-order valence-corrected chi connectivity index (χ1v) is 6.46. The van der Waals surface area contributed by atoms with Gasteiger partial charge in [-0.1, -0.05) is 42.1 Å². The summed E-state index contributed by atoms with van der Waals surface area (Å²) in [6.07, 6.45) is 0.313. The van der Waals surface area contributed by atoms with Crippen LogP contribution in [-0.4, -0.2) is 16.0 Å². The summed E-state index contributed by atoms with van der Waals surface area (Å²) in [6, 6.07) is 6.56. The highest BCUT2D eigenvalue weighted by molar-refractivity contribution is 7.99. The molecule has 0 unspecified atom stereocenters. The van der Waals surface area contributed by atoms with E-state index in [0.29, 0.717) is 23.1 Å². The summed E-state index contributed by atoms with van der Waals surface area (Å²) in [5.41, 5.74) is 1.59. The van der Waals surface area contributed by atoms with E-state index < -0.39 is 0 Å². The Kier molecular flexibility index (Phi) is 4.15. The Morgan fingerprint density at radius 2 is 2.17 bits per heavy atom. The molecule has 0 N–H and O–H groups in total. The second-order valence-corrected chi connectivity index (χ2v) is 4.90. The first-order chi connectivity index (χ1) is 8.65. The van der Waals surface area contributed by atoms with E-state index in [1.54, 1.807) is 18.2 Å². The van der Waals surface area contributed by atoms with Crippen LogP contribution in [0.4, 0.5) is 4.39 Å². The molecule has 0 spiro atoms. The third kappa shape index (κ3) is 3.43. The maximum atomic E-state index is 13.4. The Morgan fingerprint density at radius 1 is 1.39 bits per heavy atom. The van der Waals surface area contributed by atoms with Crippen molar-refractivity contribution in [3.05, 3.63) is 53.7 Å². The summed E-state index contributed by atoms with van der Waals surface area (Å²) >= 11 is 1.43. The van der Waals surface area contributed by atoms with Crippen molar-refractivity contribution in [2.75, 3.05) is 5.75 Å². The van der Waals surface area contributed by atoms with Gasteiger partial charge >= 0.3 is 0 Å². The highest BCUT2D eigenvalue weighted by atomic mass is 32.2. The van der Waals surface area contributed by atoms with Crippen LogP contribution in [0.2, 0.25) is 0 Å². The zero-order chi connectivity index (χ0) is 13.0. The fourth-order valence-electron chi connectivity index (χ4n) is 1.36. The normalized spacial score (nSPS) is 10.6. The molecular weight excluding hydrogens is 251 g/mol. The lowest BCUT2D eigenvalue weighted by molar-refractivity contribution is 0.418. The van der Waals surface area contributed by atoms with Gasteiger partial charge in [0.05, 0.1) is 6.42 Å². The molecule has 94 valence electrons. The third-order valence-corrected chi connectivity index (χ3v) is 3.24. The molecule has 0 aliphatic heterocycles. The Balaban J connectivity index is 2.02. The zero-order valence-corrected chi connectivity index (χ0v) is 10.8. The molecule has 18 heavy (non-hydrogen) atoms. The van der Waals surface area contributed by atoms with Crippen LogP contribution < -0.4 is 0 Å². The second-order valence-electron chi connectivity index (χ2n) is 3.98. The van der Waals surface area contributed by atoms with E-state index in [1.165, 1.54) is 17.8 Å². The molecule has 0 aliphatic rings. The van der Waals surface area contributed by atoms with Gasteiger partial charge in [0.15, 0.2) is 0 Å². The lowest BCUT2D eigenvalue weighted by Gasteiger charge is -1.98. The Labute approximate surface area is 109 Å². The van der Waals surface area contributed by atoms with Gasteiger partial charge in [-0.25, -0.2) is 4.39 Å². The third-order valence-electron chi connectivity index (χ3n) is 2.19. The van der Waals surface area contributed by atoms with Crippen LogP contribution in [0, 0.1) is 5.82 Å². The van der Waals surface area contributed by atoms with E-state index in [1.807, 2.05) is 6.92 Å². The summed E-state index contributed by atoms with van der Waals surface area (Å²) in [7, 11) is 0. The van der Waals surface area contributed by atoms with Crippen molar-refractivity contribution in [2.45, 2.75) is 18.6 Å². The van der Waals surface area contributed by atoms with Crippen LogP contribution in [0.1, 0.15) is 18.4 Å². The highest BCUT2D eigenvalue weighted by Gasteiger charge is 2.09. The van der Waals surface area contributed by atoms with Gasteiger partial charge in [-0.05, 0) is 18.6 Å². The highest BCUT2D eigenvalue weighted by Crippen LogP contribution is 2.20. The number of halogens is 1. The standard InChI is InChI=1S/C13H13FN2OS/c1-9(2)8-18-13-16-15-12(17-13)7-10-5-3-4-6-11(10)14/h3-6H,1,7-8H2,2H3. The Bertz CT molecular complexity index is 553. The van der Waals surface area contributed by atoms with Crippen molar-refractivity contribution in [1.82, 2.24) is 10.2 Å². The van der Waals surface area contributed by atoms with Gasteiger partial charge < -0.3 is 4.42 Å². The van der Waals surface area contributed by atoms with Crippen molar-refractivity contribution in [2.24, 2.45) is 0 Å². The summed E-state index contributed by atoms with van der Waals surface area (Å²) in [4.78, 5) is 0. The number of thioether (sulfide) groups is 1. The minimum Gasteiger partial charge on any atom is -0.416 e.